The number of carbonyl (C=O) groups excluding carboxylic acids is 1. The summed E-state index contributed by atoms with van der Waals surface area (Å²) in [6.07, 6.45) is 2.50. The van der Waals surface area contributed by atoms with E-state index in [0.717, 1.165) is 19.6 Å². The third kappa shape index (κ3) is 5.86. The Morgan fingerprint density at radius 2 is 2.08 bits per heavy atom. The molecule has 0 spiro atoms. The molecule has 7 nitrogen and oxygen atoms in total. The Hall–Kier alpha value is -2.41. The van der Waals surface area contributed by atoms with Crippen molar-refractivity contribution in [3.8, 4) is 11.5 Å². The Bertz CT molecular complexity index is 705. The van der Waals surface area contributed by atoms with E-state index in [-0.39, 0.29) is 11.5 Å². The maximum absolute atomic E-state index is 11.9. The van der Waals surface area contributed by atoms with E-state index in [0.29, 0.717) is 37.4 Å². The standard InChI is InChI=1S/C18H26N4O3/c1-3-21(4-2)13-11-19-17(23)8-5-12-22-18(24)10-9-15(20-22)16-7-6-14-25-16/h6-7,9-10,14H,3-5,8,11-13H2,1-2H3,(H,19,23). The molecule has 7 heteroatoms. The minimum Gasteiger partial charge on any atom is -0.463 e. The van der Waals surface area contributed by atoms with Crippen LogP contribution in [-0.2, 0) is 11.3 Å². The first kappa shape index (κ1) is 18.9. The number of amides is 1. The summed E-state index contributed by atoms with van der Waals surface area (Å²) in [4.78, 5) is 26.0. The van der Waals surface area contributed by atoms with E-state index in [2.05, 4.69) is 29.2 Å². The van der Waals surface area contributed by atoms with Gasteiger partial charge in [0.15, 0.2) is 5.76 Å². The van der Waals surface area contributed by atoms with Gasteiger partial charge in [0.1, 0.15) is 5.69 Å². The zero-order valence-electron chi connectivity index (χ0n) is 14.9. The summed E-state index contributed by atoms with van der Waals surface area (Å²) in [5.41, 5.74) is 0.422. The number of aromatic nitrogens is 2. The molecule has 25 heavy (non-hydrogen) atoms. The first-order valence-corrected chi connectivity index (χ1v) is 8.75. The van der Waals surface area contributed by atoms with E-state index in [9.17, 15) is 9.59 Å². The number of aryl methyl sites for hydroxylation is 1. The second-order valence-electron chi connectivity index (χ2n) is 5.74. The summed E-state index contributed by atoms with van der Waals surface area (Å²) < 4.78 is 6.67. The largest absolute Gasteiger partial charge is 0.463 e. The highest BCUT2D eigenvalue weighted by atomic mass is 16.3. The summed E-state index contributed by atoms with van der Waals surface area (Å²) in [5.74, 6) is 0.616. The second-order valence-corrected chi connectivity index (χ2v) is 5.74. The van der Waals surface area contributed by atoms with E-state index < -0.39 is 0 Å². The predicted molar refractivity (Wildman–Crippen MR) is 96.2 cm³/mol. The number of rotatable bonds is 10. The Morgan fingerprint density at radius 3 is 2.76 bits per heavy atom. The maximum Gasteiger partial charge on any atom is 0.266 e. The van der Waals surface area contributed by atoms with Crippen LogP contribution in [0, 0.1) is 0 Å². The number of hydrogen-bond acceptors (Lipinski definition) is 5. The minimum atomic E-state index is -0.183. The topological polar surface area (TPSA) is 80.4 Å². The number of nitrogens with zero attached hydrogens (tertiary/aromatic N) is 3. The van der Waals surface area contributed by atoms with Crippen LogP contribution in [0.2, 0.25) is 0 Å². The molecular formula is C18H26N4O3. The van der Waals surface area contributed by atoms with E-state index in [4.69, 9.17) is 4.42 Å². The zero-order valence-corrected chi connectivity index (χ0v) is 14.9. The molecule has 0 saturated heterocycles. The van der Waals surface area contributed by atoms with Crippen LogP contribution in [0.3, 0.4) is 0 Å². The summed E-state index contributed by atoms with van der Waals surface area (Å²) >= 11 is 0. The van der Waals surface area contributed by atoms with Gasteiger partial charge in [0.25, 0.3) is 5.56 Å². The molecule has 0 saturated carbocycles. The highest BCUT2D eigenvalue weighted by Gasteiger charge is 2.07. The molecule has 2 rings (SSSR count). The van der Waals surface area contributed by atoms with Gasteiger partial charge >= 0.3 is 0 Å². The fourth-order valence-electron chi connectivity index (χ4n) is 2.54. The van der Waals surface area contributed by atoms with Gasteiger partial charge in [0.2, 0.25) is 5.91 Å². The molecule has 0 aliphatic carbocycles. The third-order valence-corrected chi connectivity index (χ3v) is 4.06. The maximum atomic E-state index is 11.9. The highest BCUT2D eigenvalue weighted by molar-refractivity contribution is 5.75. The summed E-state index contributed by atoms with van der Waals surface area (Å²) in [6.45, 7) is 8.06. The quantitative estimate of drug-likeness (QED) is 0.709. The average molecular weight is 346 g/mol. The van der Waals surface area contributed by atoms with Crippen LogP contribution in [0.25, 0.3) is 11.5 Å². The van der Waals surface area contributed by atoms with Gasteiger partial charge in [0.05, 0.1) is 6.26 Å². The van der Waals surface area contributed by atoms with Gasteiger partial charge in [0, 0.05) is 32.1 Å². The summed E-state index contributed by atoms with van der Waals surface area (Å²) in [7, 11) is 0. The van der Waals surface area contributed by atoms with Crippen LogP contribution in [0.1, 0.15) is 26.7 Å². The molecule has 0 aliphatic heterocycles. The van der Waals surface area contributed by atoms with Crippen molar-refractivity contribution >= 4 is 5.91 Å². The van der Waals surface area contributed by atoms with Gasteiger partial charge < -0.3 is 14.6 Å². The van der Waals surface area contributed by atoms with E-state index in [1.165, 1.54) is 10.7 Å². The zero-order chi connectivity index (χ0) is 18.1. The normalized spacial score (nSPS) is 11.0. The lowest BCUT2D eigenvalue weighted by molar-refractivity contribution is -0.121. The van der Waals surface area contributed by atoms with Gasteiger partial charge in [-0.2, -0.15) is 5.10 Å². The fourth-order valence-corrected chi connectivity index (χ4v) is 2.54. The van der Waals surface area contributed by atoms with Gasteiger partial charge in [-0.3, -0.25) is 9.59 Å². The van der Waals surface area contributed by atoms with Crippen molar-refractivity contribution in [2.24, 2.45) is 0 Å². The predicted octanol–water partition coefficient (Wildman–Crippen LogP) is 1.74. The van der Waals surface area contributed by atoms with Crippen molar-refractivity contribution in [2.75, 3.05) is 26.2 Å². The smallest absolute Gasteiger partial charge is 0.266 e. The molecule has 1 amide bonds. The van der Waals surface area contributed by atoms with Crippen LogP contribution < -0.4 is 10.9 Å². The minimum absolute atomic E-state index is 0.00222. The lowest BCUT2D eigenvalue weighted by atomic mass is 10.3. The molecule has 1 N–H and O–H groups in total. The van der Waals surface area contributed by atoms with Gasteiger partial charge in [-0.1, -0.05) is 13.8 Å². The molecule has 0 unspecified atom stereocenters. The van der Waals surface area contributed by atoms with Crippen LogP contribution in [-0.4, -0.2) is 46.8 Å². The van der Waals surface area contributed by atoms with E-state index >= 15 is 0 Å². The number of likely N-dealkylation sites (N-methyl/N-ethyl adjacent to an activating group) is 1. The first-order valence-electron chi connectivity index (χ1n) is 8.75. The molecule has 0 radical (unpaired) electrons. The highest BCUT2D eigenvalue weighted by Crippen LogP contribution is 2.15. The molecular weight excluding hydrogens is 320 g/mol. The Kier molecular flexibility index (Phi) is 7.40. The van der Waals surface area contributed by atoms with Crippen molar-refractivity contribution in [1.82, 2.24) is 20.0 Å². The van der Waals surface area contributed by atoms with Crippen molar-refractivity contribution < 1.29 is 9.21 Å². The summed E-state index contributed by atoms with van der Waals surface area (Å²) in [5, 5.41) is 7.20. The lowest BCUT2D eigenvalue weighted by Crippen LogP contribution is -2.34. The van der Waals surface area contributed by atoms with E-state index in [1.54, 1.807) is 24.5 Å². The number of hydrogen-bond donors (Lipinski definition) is 1. The molecule has 2 heterocycles. The molecule has 0 fully saturated rings. The van der Waals surface area contributed by atoms with Gasteiger partial charge in [-0.05, 0) is 37.7 Å². The molecule has 0 atom stereocenters. The second kappa shape index (κ2) is 9.78. The third-order valence-electron chi connectivity index (χ3n) is 4.06. The monoisotopic (exact) mass is 346 g/mol. The van der Waals surface area contributed by atoms with Gasteiger partial charge in [-0.15, -0.1) is 0 Å². The Labute approximate surface area is 147 Å². The average Bonchev–Trinajstić information content (AvgIpc) is 3.15. The molecule has 2 aromatic rings. The molecule has 2 aromatic heterocycles. The molecule has 136 valence electrons. The van der Waals surface area contributed by atoms with Crippen LogP contribution in [0.5, 0.6) is 0 Å². The number of nitrogens with one attached hydrogen (secondary N) is 1. The van der Waals surface area contributed by atoms with Crippen molar-refractivity contribution in [1.29, 1.82) is 0 Å². The number of furan rings is 1. The molecule has 0 aromatic carbocycles. The SMILES string of the molecule is CCN(CC)CCNC(=O)CCCn1nc(-c2ccco2)ccc1=O. The molecule has 0 bridgehead atoms. The lowest BCUT2D eigenvalue weighted by Gasteiger charge is -2.17. The van der Waals surface area contributed by atoms with Crippen molar-refractivity contribution in [3.63, 3.8) is 0 Å². The number of carbonyl (C=O) groups is 1. The first-order chi connectivity index (χ1) is 12.1. The van der Waals surface area contributed by atoms with Crippen LogP contribution in [0.15, 0.2) is 39.7 Å². The Morgan fingerprint density at radius 1 is 1.28 bits per heavy atom. The van der Waals surface area contributed by atoms with Crippen molar-refractivity contribution in [3.05, 3.63) is 40.9 Å². The van der Waals surface area contributed by atoms with Crippen LogP contribution in [0.4, 0.5) is 0 Å². The van der Waals surface area contributed by atoms with Crippen LogP contribution >= 0.6 is 0 Å². The fraction of sp³-hybridized carbons (Fsp3) is 0.500. The Balaban J connectivity index is 1.78. The van der Waals surface area contributed by atoms with Crippen molar-refractivity contribution in [2.45, 2.75) is 33.2 Å². The molecule has 0 aliphatic rings. The summed E-state index contributed by atoms with van der Waals surface area (Å²) in [6, 6.07) is 6.67. The van der Waals surface area contributed by atoms with Gasteiger partial charge in [-0.25, -0.2) is 4.68 Å². The van der Waals surface area contributed by atoms with E-state index in [1.807, 2.05) is 0 Å².